The van der Waals surface area contributed by atoms with Gasteiger partial charge in [-0.25, -0.2) is 0 Å². The summed E-state index contributed by atoms with van der Waals surface area (Å²) in [6.45, 7) is 5.66. The molecule has 0 heterocycles. The molecule has 4 N–H and O–H groups in total. The molecular weight excluding hydrogens is 516 g/mol. The summed E-state index contributed by atoms with van der Waals surface area (Å²) < 4.78 is 0. The Morgan fingerprint density at radius 1 is 0.525 bits per heavy atom. The number of hydrogen-bond acceptors (Lipinski definition) is 5. The summed E-state index contributed by atoms with van der Waals surface area (Å²) in [6.07, 6.45) is 0.871. The van der Waals surface area contributed by atoms with Crippen molar-refractivity contribution in [2.24, 2.45) is 0 Å². The van der Waals surface area contributed by atoms with Gasteiger partial charge in [0, 0.05) is 15.7 Å². The lowest BCUT2D eigenvalue weighted by atomic mass is 9.85. The van der Waals surface area contributed by atoms with Gasteiger partial charge in [-0.15, -0.1) is 0 Å². The zero-order chi connectivity index (χ0) is 28.6. The van der Waals surface area contributed by atoms with Crippen LogP contribution in [0.15, 0.2) is 119 Å². The Hall–Kier alpha value is -4.35. The molecule has 0 radical (unpaired) electrons. The highest BCUT2D eigenvalue weighted by Gasteiger charge is 2.16. The van der Waals surface area contributed by atoms with Gasteiger partial charge in [0.2, 0.25) is 0 Å². The van der Waals surface area contributed by atoms with Gasteiger partial charge in [-0.3, -0.25) is 0 Å². The molecule has 0 aromatic heterocycles. The molecule has 5 rings (SSSR count). The average Bonchev–Trinajstić information content (AvgIpc) is 2.95. The first kappa shape index (κ1) is 28.7. The van der Waals surface area contributed by atoms with E-state index in [1.165, 1.54) is 5.56 Å². The van der Waals surface area contributed by atoms with Gasteiger partial charge in [0.25, 0.3) is 0 Å². The molecule has 5 aromatic carbocycles. The molecule has 0 aliphatic rings. The van der Waals surface area contributed by atoms with E-state index in [0.29, 0.717) is 17.2 Å². The highest BCUT2D eigenvalue weighted by molar-refractivity contribution is 7.99. The second-order valence-electron chi connectivity index (χ2n) is 9.88. The predicted octanol–water partition coefficient (Wildman–Crippen LogP) is 8.65. The molecule has 0 fully saturated rings. The van der Waals surface area contributed by atoms with Crippen LogP contribution in [0.25, 0.3) is 0 Å². The summed E-state index contributed by atoms with van der Waals surface area (Å²) in [6, 6.07) is 34.6. The average molecular weight is 551 g/mol. The van der Waals surface area contributed by atoms with Crippen molar-refractivity contribution in [3.05, 3.63) is 143 Å². The van der Waals surface area contributed by atoms with Crippen LogP contribution in [0.5, 0.6) is 23.0 Å². The SMILES string of the molecule is Cc1cc(C(Cc2ccccc2)c2ccc(O)cc2)ccc1O.Cc1cc(Sc2ccc(O)c(C)c2)ccc1O. The van der Waals surface area contributed by atoms with Crippen LogP contribution in [-0.4, -0.2) is 20.4 Å². The van der Waals surface area contributed by atoms with Crippen LogP contribution in [0.3, 0.4) is 0 Å². The van der Waals surface area contributed by atoms with Crippen molar-refractivity contribution in [2.75, 3.05) is 0 Å². The maximum absolute atomic E-state index is 9.79. The van der Waals surface area contributed by atoms with E-state index in [4.69, 9.17) is 0 Å². The van der Waals surface area contributed by atoms with Gasteiger partial charge in [-0.05, 0) is 115 Å². The molecule has 0 aliphatic carbocycles. The normalized spacial score (nSPS) is 11.4. The second-order valence-corrected chi connectivity index (χ2v) is 11.0. The van der Waals surface area contributed by atoms with Crippen LogP contribution in [0.1, 0.15) is 39.3 Å². The van der Waals surface area contributed by atoms with Gasteiger partial charge in [-0.2, -0.15) is 0 Å². The fraction of sp³-hybridized carbons (Fsp3) is 0.143. The molecule has 1 atom stereocenters. The van der Waals surface area contributed by atoms with Crippen LogP contribution in [0, 0.1) is 20.8 Å². The molecule has 1 unspecified atom stereocenters. The molecule has 0 amide bonds. The largest absolute Gasteiger partial charge is 0.508 e. The Morgan fingerprint density at radius 3 is 1.50 bits per heavy atom. The van der Waals surface area contributed by atoms with E-state index in [-0.39, 0.29) is 11.7 Å². The van der Waals surface area contributed by atoms with Crippen LogP contribution in [0.2, 0.25) is 0 Å². The Kier molecular flexibility index (Phi) is 9.41. The quantitative estimate of drug-likeness (QED) is 0.170. The molecule has 5 aromatic rings. The van der Waals surface area contributed by atoms with Gasteiger partial charge in [0.15, 0.2) is 0 Å². The van der Waals surface area contributed by atoms with E-state index in [0.717, 1.165) is 44.0 Å². The van der Waals surface area contributed by atoms with Crippen molar-refractivity contribution < 1.29 is 20.4 Å². The molecule has 204 valence electrons. The van der Waals surface area contributed by atoms with Crippen molar-refractivity contribution >= 4 is 11.8 Å². The Bertz CT molecular complexity index is 1510. The van der Waals surface area contributed by atoms with Crippen molar-refractivity contribution in [2.45, 2.75) is 42.9 Å². The predicted molar refractivity (Wildman–Crippen MR) is 163 cm³/mol. The van der Waals surface area contributed by atoms with Crippen LogP contribution >= 0.6 is 11.8 Å². The summed E-state index contributed by atoms with van der Waals surface area (Å²) in [5.74, 6) is 1.40. The third-order valence-corrected chi connectivity index (χ3v) is 7.75. The number of aromatic hydroxyl groups is 4. The smallest absolute Gasteiger partial charge is 0.118 e. The number of rotatable bonds is 6. The van der Waals surface area contributed by atoms with Crippen molar-refractivity contribution in [1.29, 1.82) is 0 Å². The Balaban J connectivity index is 0.000000194. The summed E-state index contributed by atoms with van der Waals surface area (Å²) in [5.41, 5.74) is 6.18. The number of benzene rings is 5. The lowest BCUT2D eigenvalue weighted by Crippen LogP contribution is -2.05. The monoisotopic (exact) mass is 550 g/mol. The van der Waals surface area contributed by atoms with Gasteiger partial charge in [-0.1, -0.05) is 66.4 Å². The zero-order valence-electron chi connectivity index (χ0n) is 22.9. The number of phenols is 4. The first-order valence-corrected chi connectivity index (χ1v) is 13.9. The minimum absolute atomic E-state index is 0.178. The standard InChI is InChI=1S/C21H20O2.C14H14O2S/c1-15-13-18(9-12-21(15)23)20(14-16-5-3-2-4-6-16)17-7-10-19(22)11-8-17;1-9-7-11(3-5-13(9)15)17-12-4-6-14(16)10(2)8-12/h2-13,20,22-23H,14H2,1H3;3-8,15-16H,1-2H3. The highest BCUT2D eigenvalue weighted by atomic mass is 32.2. The number of hydrogen-bond donors (Lipinski definition) is 4. The van der Waals surface area contributed by atoms with E-state index in [1.54, 1.807) is 42.1 Å². The highest BCUT2D eigenvalue weighted by Crippen LogP contribution is 2.33. The molecule has 5 heteroatoms. The van der Waals surface area contributed by atoms with Crippen molar-refractivity contribution in [3.63, 3.8) is 0 Å². The molecular formula is C35H34O4S. The van der Waals surface area contributed by atoms with Gasteiger partial charge < -0.3 is 20.4 Å². The maximum Gasteiger partial charge on any atom is 0.118 e. The second kappa shape index (κ2) is 13.1. The molecule has 40 heavy (non-hydrogen) atoms. The van der Waals surface area contributed by atoms with E-state index in [1.807, 2.05) is 87.5 Å². The first-order valence-electron chi connectivity index (χ1n) is 13.1. The van der Waals surface area contributed by atoms with Crippen molar-refractivity contribution in [3.8, 4) is 23.0 Å². The van der Waals surface area contributed by atoms with Crippen molar-refractivity contribution in [1.82, 2.24) is 0 Å². The van der Waals surface area contributed by atoms with E-state index in [2.05, 4.69) is 12.1 Å². The molecule has 0 saturated heterocycles. The number of phenolic OH excluding ortho intramolecular Hbond substituents is 4. The van der Waals surface area contributed by atoms with Crippen LogP contribution < -0.4 is 0 Å². The van der Waals surface area contributed by atoms with E-state index < -0.39 is 0 Å². The van der Waals surface area contributed by atoms with Crippen LogP contribution in [-0.2, 0) is 6.42 Å². The van der Waals surface area contributed by atoms with Gasteiger partial charge >= 0.3 is 0 Å². The third kappa shape index (κ3) is 7.61. The fourth-order valence-corrected chi connectivity index (χ4v) is 5.41. The Morgan fingerprint density at radius 2 is 1.00 bits per heavy atom. The molecule has 0 spiro atoms. The lowest BCUT2D eigenvalue weighted by Gasteiger charge is -2.19. The topological polar surface area (TPSA) is 80.9 Å². The lowest BCUT2D eigenvalue weighted by molar-refractivity contribution is 0.470. The summed E-state index contributed by atoms with van der Waals surface area (Å²) >= 11 is 1.61. The summed E-state index contributed by atoms with van der Waals surface area (Å²) in [5, 5.41) is 38.2. The summed E-state index contributed by atoms with van der Waals surface area (Å²) in [7, 11) is 0. The minimum Gasteiger partial charge on any atom is -0.508 e. The minimum atomic E-state index is 0.178. The molecule has 0 saturated carbocycles. The van der Waals surface area contributed by atoms with E-state index >= 15 is 0 Å². The van der Waals surface area contributed by atoms with Gasteiger partial charge in [0.05, 0.1) is 0 Å². The number of aryl methyl sites for hydroxylation is 3. The van der Waals surface area contributed by atoms with Gasteiger partial charge in [0.1, 0.15) is 23.0 Å². The molecule has 0 aliphatic heterocycles. The third-order valence-electron chi connectivity index (χ3n) is 6.77. The zero-order valence-corrected chi connectivity index (χ0v) is 23.7. The summed E-state index contributed by atoms with van der Waals surface area (Å²) in [4.78, 5) is 2.15. The van der Waals surface area contributed by atoms with E-state index in [9.17, 15) is 20.4 Å². The first-order chi connectivity index (χ1) is 19.2. The Labute approximate surface area is 240 Å². The molecule has 0 bridgehead atoms. The molecule has 4 nitrogen and oxygen atoms in total. The maximum atomic E-state index is 9.79. The fourth-order valence-electron chi connectivity index (χ4n) is 4.40. The van der Waals surface area contributed by atoms with Crippen LogP contribution in [0.4, 0.5) is 0 Å².